The SMILES string of the molecule is CC1(C)c2ccccc2-c2ccc(-c3cccc(N(c4ccc5c6ccccc6n(-c6ccccc6)c5c4)c4cccc(-c5ccccc5)c4-c4ccccc4-c4ccccc4)c3)cc21. The monoisotopic (exact) mass is 830 g/mol. The van der Waals surface area contributed by atoms with Gasteiger partial charge in [-0.15, -0.1) is 0 Å². The largest absolute Gasteiger partial charge is 0.310 e. The van der Waals surface area contributed by atoms with Gasteiger partial charge in [0, 0.05) is 38.8 Å². The van der Waals surface area contributed by atoms with Gasteiger partial charge in [-0.1, -0.05) is 202 Å². The Morgan fingerprint density at radius 3 is 1.68 bits per heavy atom. The lowest BCUT2D eigenvalue weighted by Gasteiger charge is -2.30. The van der Waals surface area contributed by atoms with Crippen molar-refractivity contribution in [2.75, 3.05) is 4.90 Å². The maximum atomic E-state index is 2.49. The lowest BCUT2D eigenvalue weighted by Crippen LogP contribution is -2.15. The van der Waals surface area contributed by atoms with Crippen LogP contribution in [-0.4, -0.2) is 4.57 Å². The van der Waals surface area contributed by atoms with E-state index in [1.54, 1.807) is 0 Å². The van der Waals surface area contributed by atoms with Crippen molar-refractivity contribution in [3.8, 4) is 61.3 Å². The fourth-order valence-corrected chi connectivity index (χ4v) is 10.5. The van der Waals surface area contributed by atoms with Gasteiger partial charge in [0.15, 0.2) is 0 Å². The average molecular weight is 831 g/mol. The Morgan fingerprint density at radius 1 is 0.338 bits per heavy atom. The van der Waals surface area contributed by atoms with Crippen molar-refractivity contribution in [3.63, 3.8) is 0 Å². The molecule has 0 unspecified atom stereocenters. The van der Waals surface area contributed by atoms with E-state index >= 15 is 0 Å². The van der Waals surface area contributed by atoms with Crippen molar-refractivity contribution in [3.05, 3.63) is 254 Å². The molecule has 1 aliphatic carbocycles. The Kier molecular flexibility index (Phi) is 9.21. The number of benzene rings is 10. The van der Waals surface area contributed by atoms with E-state index in [-0.39, 0.29) is 5.41 Å². The highest BCUT2D eigenvalue weighted by molar-refractivity contribution is 6.11. The number of fused-ring (bicyclic) bond motifs is 6. The topological polar surface area (TPSA) is 8.17 Å². The van der Waals surface area contributed by atoms with Gasteiger partial charge in [0.2, 0.25) is 0 Å². The molecule has 10 aromatic carbocycles. The van der Waals surface area contributed by atoms with Gasteiger partial charge < -0.3 is 9.47 Å². The smallest absolute Gasteiger partial charge is 0.0561 e. The van der Waals surface area contributed by atoms with E-state index in [4.69, 9.17) is 0 Å². The molecular formula is C63H46N2. The van der Waals surface area contributed by atoms with Crippen LogP contribution < -0.4 is 4.90 Å². The molecule has 0 atom stereocenters. The van der Waals surface area contributed by atoms with Crippen LogP contribution in [0.1, 0.15) is 25.0 Å². The van der Waals surface area contributed by atoms with Crippen LogP contribution in [0, 0.1) is 0 Å². The second kappa shape index (κ2) is 15.6. The maximum Gasteiger partial charge on any atom is 0.0561 e. The predicted octanol–water partition coefficient (Wildman–Crippen LogP) is 17.2. The number of hydrogen-bond donors (Lipinski definition) is 0. The normalized spacial score (nSPS) is 12.6. The second-order valence-electron chi connectivity index (χ2n) is 17.7. The number of rotatable bonds is 8. The van der Waals surface area contributed by atoms with Crippen molar-refractivity contribution in [1.29, 1.82) is 0 Å². The first-order valence-corrected chi connectivity index (χ1v) is 22.6. The summed E-state index contributed by atoms with van der Waals surface area (Å²) >= 11 is 0. The molecule has 1 aliphatic rings. The minimum atomic E-state index is -0.100. The number of hydrogen-bond acceptors (Lipinski definition) is 1. The molecule has 12 rings (SSSR count). The summed E-state index contributed by atoms with van der Waals surface area (Å²) < 4.78 is 2.42. The third-order valence-corrected chi connectivity index (χ3v) is 13.6. The number of nitrogens with zero attached hydrogens (tertiary/aromatic N) is 2. The molecule has 11 aromatic rings. The maximum absolute atomic E-state index is 2.49. The van der Waals surface area contributed by atoms with Crippen LogP contribution in [0.5, 0.6) is 0 Å². The fourth-order valence-electron chi connectivity index (χ4n) is 10.5. The van der Waals surface area contributed by atoms with E-state index in [9.17, 15) is 0 Å². The highest BCUT2D eigenvalue weighted by Crippen LogP contribution is 2.51. The third-order valence-electron chi connectivity index (χ3n) is 13.6. The highest BCUT2D eigenvalue weighted by atomic mass is 15.1. The van der Waals surface area contributed by atoms with Gasteiger partial charge in [-0.05, 0) is 116 Å². The van der Waals surface area contributed by atoms with Gasteiger partial charge in [-0.25, -0.2) is 0 Å². The molecule has 0 spiro atoms. The average Bonchev–Trinajstić information content (AvgIpc) is 3.82. The number of anilines is 3. The summed E-state index contributed by atoms with van der Waals surface area (Å²) in [6.07, 6.45) is 0. The molecule has 308 valence electrons. The predicted molar refractivity (Wildman–Crippen MR) is 275 cm³/mol. The molecule has 0 amide bonds. The molecule has 1 heterocycles. The molecule has 1 aromatic heterocycles. The highest BCUT2D eigenvalue weighted by Gasteiger charge is 2.35. The van der Waals surface area contributed by atoms with Crippen molar-refractivity contribution < 1.29 is 0 Å². The zero-order valence-electron chi connectivity index (χ0n) is 36.5. The van der Waals surface area contributed by atoms with Crippen LogP contribution in [0.15, 0.2) is 243 Å². The molecular weight excluding hydrogens is 785 g/mol. The number of aromatic nitrogens is 1. The minimum absolute atomic E-state index is 0.100. The number of para-hydroxylation sites is 2. The lowest BCUT2D eigenvalue weighted by atomic mass is 9.81. The van der Waals surface area contributed by atoms with Crippen molar-refractivity contribution in [2.24, 2.45) is 0 Å². The van der Waals surface area contributed by atoms with Crippen LogP contribution in [-0.2, 0) is 5.41 Å². The summed E-state index contributed by atoms with van der Waals surface area (Å²) in [5, 5.41) is 2.45. The zero-order chi connectivity index (χ0) is 43.5. The summed E-state index contributed by atoms with van der Waals surface area (Å²) in [7, 11) is 0. The van der Waals surface area contributed by atoms with E-state index in [1.165, 1.54) is 83.1 Å². The van der Waals surface area contributed by atoms with Gasteiger partial charge in [-0.3, -0.25) is 0 Å². The van der Waals surface area contributed by atoms with Crippen LogP contribution in [0.4, 0.5) is 17.1 Å². The Balaban J connectivity index is 1.13. The summed E-state index contributed by atoms with van der Waals surface area (Å²) in [5.74, 6) is 0. The van der Waals surface area contributed by atoms with E-state index in [0.717, 1.165) is 28.3 Å². The third kappa shape index (κ3) is 6.40. The van der Waals surface area contributed by atoms with Crippen molar-refractivity contribution >= 4 is 38.9 Å². The molecule has 0 N–H and O–H groups in total. The first-order valence-electron chi connectivity index (χ1n) is 22.6. The van der Waals surface area contributed by atoms with Crippen molar-refractivity contribution in [1.82, 2.24) is 4.57 Å². The Hall–Kier alpha value is -8.20. The molecule has 2 nitrogen and oxygen atoms in total. The van der Waals surface area contributed by atoms with E-state index < -0.39 is 0 Å². The van der Waals surface area contributed by atoms with E-state index in [1.807, 2.05) is 0 Å². The van der Waals surface area contributed by atoms with Crippen LogP contribution >= 0.6 is 0 Å². The molecule has 2 heteroatoms. The molecule has 65 heavy (non-hydrogen) atoms. The lowest BCUT2D eigenvalue weighted by molar-refractivity contribution is 0.660. The quantitative estimate of drug-likeness (QED) is 0.148. The van der Waals surface area contributed by atoms with Gasteiger partial charge in [0.1, 0.15) is 0 Å². The summed E-state index contributed by atoms with van der Waals surface area (Å²) in [6, 6.07) is 89.0. The fraction of sp³-hybridized carbons (Fsp3) is 0.0476. The van der Waals surface area contributed by atoms with Gasteiger partial charge in [0.25, 0.3) is 0 Å². The Morgan fingerprint density at radius 2 is 0.892 bits per heavy atom. The molecule has 0 fully saturated rings. The molecule has 0 bridgehead atoms. The van der Waals surface area contributed by atoms with Crippen LogP contribution in [0.3, 0.4) is 0 Å². The summed E-state index contributed by atoms with van der Waals surface area (Å²) in [4.78, 5) is 2.49. The van der Waals surface area contributed by atoms with Crippen LogP contribution in [0.2, 0.25) is 0 Å². The van der Waals surface area contributed by atoms with Gasteiger partial charge in [-0.2, -0.15) is 0 Å². The summed E-state index contributed by atoms with van der Waals surface area (Å²) in [5.41, 5.74) is 21.5. The molecule has 0 radical (unpaired) electrons. The van der Waals surface area contributed by atoms with E-state index in [2.05, 4.69) is 266 Å². The zero-order valence-corrected chi connectivity index (χ0v) is 36.5. The first-order chi connectivity index (χ1) is 32.0. The van der Waals surface area contributed by atoms with Gasteiger partial charge in [0.05, 0.1) is 16.7 Å². The second-order valence-corrected chi connectivity index (χ2v) is 17.7. The van der Waals surface area contributed by atoms with Gasteiger partial charge >= 0.3 is 0 Å². The molecule has 0 aliphatic heterocycles. The standard InChI is InChI=1S/C63H46N2/c1-63(2)57-33-16-14-29-52(57)53-38-36-46(41-58(53)63)45-24-18-27-48(40-45)64(49-37-39-55-54-30-15-17-34-59(54)65(61(55)42-49)47-25-10-5-11-26-47)60-35-19-32-51(44-22-8-4-9-23-44)62(60)56-31-13-12-28-50(56)43-20-6-3-7-21-43/h3-42H,1-2H3. The Labute approximate surface area is 381 Å². The summed E-state index contributed by atoms with van der Waals surface area (Å²) in [6.45, 7) is 4.72. The Bertz CT molecular complexity index is 3560. The first kappa shape index (κ1) is 38.5. The van der Waals surface area contributed by atoms with Crippen molar-refractivity contribution in [2.45, 2.75) is 19.3 Å². The van der Waals surface area contributed by atoms with Crippen LogP contribution in [0.25, 0.3) is 83.1 Å². The molecule has 0 saturated heterocycles. The minimum Gasteiger partial charge on any atom is -0.310 e. The molecule has 0 saturated carbocycles. The van der Waals surface area contributed by atoms with E-state index in [0.29, 0.717) is 0 Å².